The standard InChI is InChI=1S/C14H19NO2/c1-5-15(9-10(2)3)13-7-6-12(14(16)17)8-11(13)4/h6-8H,2,5,9H2,1,3-4H3,(H,16,17). The van der Waals surface area contributed by atoms with Crippen molar-refractivity contribution in [2.24, 2.45) is 0 Å². The monoisotopic (exact) mass is 233 g/mol. The molecule has 92 valence electrons. The molecule has 0 aromatic heterocycles. The van der Waals surface area contributed by atoms with Crippen LogP contribution in [0.25, 0.3) is 0 Å². The fourth-order valence-corrected chi connectivity index (χ4v) is 1.84. The second-order valence-corrected chi connectivity index (χ2v) is 4.28. The first-order chi connectivity index (χ1) is 7.95. The third-order valence-corrected chi connectivity index (χ3v) is 2.63. The Labute approximate surface area is 102 Å². The average Bonchev–Trinajstić information content (AvgIpc) is 2.25. The quantitative estimate of drug-likeness (QED) is 0.794. The van der Waals surface area contributed by atoms with Crippen molar-refractivity contribution in [3.63, 3.8) is 0 Å². The van der Waals surface area contributed by atoms with Gasteiger partial charge in [-0.25, -0.2) is 4.79 Å². The molecule has 1 N–H and O–H groups in total. The number of carboxylic acid groups (broad SMARTS) is 1. The van der Waals surface area contributed by atoms with Crippen molar-refractivity contribution >= 4 is 11.7 Å². The van der Waals surface area contributed by atoms with Gasteiger partial charge in [0.25, 0.3) is 0 Å². The number of carbonyl (C=O) groups is 1. The van der Waals surface area contributed by atoms with Gasteiger partial charge in [0, 0.05) is 18.8 Å². The molecular weight excluding hydrogens is 214 g/mol. The lowest BCUT2D eigenvalue weighted by atomic mass is 10.1. The number of anilines is 1. The summed E-state index contributed by atoms with van der Waals surface area (Å²) in [5.41, 5.74) is 3.47. The Bertz CT molecular complexity index is 438. The Hall–Kier alpha value is -1.77. The third kappa shape index (κ3) is 3.34. The van der Waals surface area contributed by atoms with Crippen molar-refractivity contribution in [1.29, 1.82) is 0 Å². The summed E-state index contributed by atoms with van der Waals surface area (Å²) in [6, 6.07) is 5.22. The number of rotatable bonds is 5. The third-order valence-electron chi connectivity index (χ3n) is 2.63. The van der Waals surface area contributed by atoms with E-state index in [1.165, 1.54) is 0 Å². The highest BCUT2D eigenvalue weighted by atomic mass is 16.4. The van der Waals surface area contributed by atoms with E-state index < -0.39 is 5.97 Å². The van der Waals surface area contributed by atoms with Gasteiger partial charge in [-0.1, -0.05) is 12.2 Å². The van der Waals surface area contributed by atoms with E-state index in [9.17, 15) is 4.79 Å². The molecule has 0 heterocycles. The fourth-order valence-electron chi connectivity index (χ4n) is 1.84. The Balaban J connectivity index is 3.04. The van der Waals surface area contributed by atoms with Crippen molar-refractivity contribution in [3.8, 4) is 0 Å². The summed E-state index contributed by atoms with van der Waals surface area (Å²) in [5.74, 6) is -0.886. The maximum absolute atomic E-state index is 10.9. The molecule has 3 heteroatoms. The first-order valence-corrected chi connectivity index (χ1v) is 5.69. The van der Waals surface area contributed by atoms with Gasteiger partial charge in [0.15, 0.2) is 0 Å². The molecule has 1 aromatic rings. The molecule has 0 amide bonds. The zero-order chi connectivity index (χ0) is 13.0. The number of nitrogens with zero attached hydrogens (tertiary/aromatic N) is 1. The van der Waals surface area contributed by atoms with Gasteiger partial charge in [-0.05, 0) is 44.5 Å². The predicted octanol–water partition coefficient (Wildman–Crippen LogP) is 3.10. The molecule has 0 aliphatic carbocycles. The van der Waals surface area contributed by atoms with Crippen LogP contribution in [0, 0.1) is 6.92 Å². The van der Waals surface area contributed by atoms with Crippen LogP contribution in [0.1, 0.15) is 29.8 Å². The predicted molar refractivity (Wildman–Crippen MR) is 70.8 cm³/mol. The van der Waals surface area contributed by atoms with Crippen LogP contribution in [0.15, 0.2) is 30.4 Å². The van der Waals surface area contributed by atoms with Gasteiger partial charge in [-0.2, -0.15) is 0 Å². The lowest BCUT2D eigenvalue weighted by molar-refractivity contribution is 0.0697. The summed E-state index contributed by atoms with van der Waals surface area (Å²) in [5, 5.41) is 8.91. The van der Waals surface area contributed by atoms with E-state index in [4.69, 9.17) is 5.11 Å². The summed E-state index contributed by atoms with van der Waals surface area (Å²) < 4.78 is 0. The van der Waals surface area contributed by atoms with Gasteiger partial charge in [-0.3, -0.25) is 0 Å². The molecule has 3 nitrogen and oxygen atoms in total. The molecule has 0 aliphatic heterocycles. The van der Waals surface area contributed by atoms with E-state index >= 15 is 0 Å². The molecule has 0 fully saturated rings. The topological polar surface area (TPSA) is 40.5 Å². The van der Waals surface area contributed by atoms with Crippen LogP contribution in [0.4, 0.5) is 5.69 Å². The average molecular weight is 233 g/mol. The number of carboxylic acids is 1. The molecular formula is C14H19NO2. The minimum atomic E-state index is -0.886. The van der Waals surface area contributed by atoms with Crippen molar-refractivity contribution in [3.05, 3.63) is 41.5 Å². The van der Waals surface area contributed by atoms with Crippen LogP contribution in [0.3, 0.4) is 0 Å². The summed E-state index contributed by atoms with van der Waals surface area (Å²) in [6.07, 6.45) is 0. The van der Waals surface area contributed by atoms with Crippen LogP contribution in [0.2, 0.25) is 0 Å². The van der Waals surface area contributed by atoms with Gasteiger partial charge < -0.3 is 10.0 Å². The molecule has 17 heavy (non-hydrogen) atoms. The van der Waals surface area contributed by atoms with E-state index in [0.717, 1.165) is 29.9 Å². The van der Waals surface area contributed by atoms with Gasteiger partial charge in [0.1, 0.15) is 0 Å². The summed E-state index contributed by atoms with van der Waals surface area (Å²) in [4.78, 5) is 13.0. The fraction of sp³-hybridized carbons (Fsp3) is 0.357. The van der Waals surface area contributed by atoms with Gasteiger partial charge in [-0.15, -0.1) is 0 Å². The van der Waals surface area contributed by atoms with Crippen molar-refractivity contribution in [2.45, 2.75) is 20.8 Å². The minimum Gasteiger partial charge on any atom is -0.478 e. The summed E-state index contributed by atoms with van der Waals surface area (Å²) >= 11 is 0. The van der Waals surface area contributed by atoms with E-state index in [2.05, 4.69) is 18.4 Å². The summed E-state index contributed by atoms with van der Waals surface area (Å²) in [6.45, 7) is 11.6. The number of hydrogen-bond donors (Lipinski definition) is 1. The van der Waals surface area contributed by atoms with Crippen LogP contribution in [0.5, 0.6) is 0 Å². The van der Waals surface area contributed by atoms with Crippen LogP contribution >= 0.6 is 0 Å². The van der Waals surface area contributed by atoms with E-state index in [1.807, 2.05) is 19.9 Å². The molecule has 0 radical (unpaired) electrons. The van der Waals surface area contributed by atoms with Crippen molar-refractivity contribution in [1.82, 2.24) is 0 Å². The SMILES string of the molecule is C=C(C)CN(CC)c1ccc(C(=O)O)cc1C. The minimum absolute atomic E-state index is 0.331. The molecule has 0 saturated carbocycles. The number of likely N-dealkylation sites (N-methyl/N-ethyl adjacent to an activating group) is 1. The zero-order valence-electron chi connectivity index (χ0n) is 10.7. The number of benzene rings is 1. The Morgan fingerprint density at radius 3 is 2.53 bits per heavy atom. The number of hydrogen-bond acceptors (Lipinski definition) is 2. The molecule has 0 aliphatic rings. The first-order valence-electron chi connectivity index (χ1n) is 5.69. The van der Waals surface area contributed by atoms with E-state index in [0.29, 0.717) is 5.56 Å². The second kappa shape index (κ2) is 5.53. The molecule has 1 rings (SSSR count). The highest BCUT2D eigenvalue weighted by Gasteiger charge is 2.10. The molecule has 0 bridgehead atoms. The summed E-state index contributed by atoms with van der Waals surface area (Å²) in [7, 11) is 0. The number of aromatic carboxylic acids is 1. The van der Waals surface area contributed by atoms with Crippen molar-refractivity contribution in [2.75, 3.05) is 18.0 Å². The zero-order valence-corrected chi connectivity index (χ0v) is 10.7. The van der Waals surface area contributed by atoms with E-state index in [-0.39, 0.29) is 0 Å². The highest BCUT2D eigenvalue weighted by Crippen LogP contribution is 2.22. The highest BCUT2D eigenvalue weighted by molar-refractivity contribution is 5.88. The van der Waals surface area contributed by atoms with Crippen LogP contribution < -0.4 is 4.90 Å². The molecule has 1 aromatic carbocycles. The largest absolute Gasteiger partial charge is 0.478 e. The van der Waals surface area contributed by atoms with Gasteiger partial charge >= 0.3 is 5.97 Å². The number of aryl methyl sites for hydroxylation is 1. The lowest BCUT2D eigenvalue weighted by Gasteiger charge is -2.25. The second-order valence-electron chi connectivity index (χ2n) is 4.28. The van der Waals surface area contributed by atoms with Gasteiger partial charge in [0.2, 0.25) is 0 Å². The molecule has 0 spiro atoms. The van der Waals surface area contributed by atoms with Crippen molar-refractivity contribution < 1.29 is 9.90 Å². The normalized spacial score (nSPS) is 10.1. The van der Waals surface area contributed by atoms with Crippen LogP contribution in [-0.2, 0) is 0 Å². The molecule has 0 atom stereocenters. The Kier molecular flexibility index (Phi) is 4.32. The molecule has 0 saturated heterocycles. The van der Waals surface area contributed by atoms with Gasteiger partial charge in [0.05, 0.1) is 5.56 Å². The Morgan fingerprint density at radius 1 is 1.47 bits per heavy atom. The maximum Gasteiger partial charge on any atom is 0.335 e. The first kappa shape index (κ1) is 13.3. The maximum atomic E-state index is 10.9. The van der Waals surface area contributed by atoms with Crippen LogP contribution in [-0.4, -0.2) is 24.2 Å². The van der Waals surface area contributed by atoms with E-state index in [1.54, 1.807) is 12.1 Å². The Morgan fingerprint density at radius 2 is 2.12 bits per heavy atom. The molecule has 0 unspecified atom stereocenters. The smallest absolute Gasteiger partial charge is 0.335 e. The lowest BCUT2D eigenvalue weighted by Crippen LogP contribution is -2.25.